The van der Waals surface area contributed by atoms with Crippen LogP contribution in [0.5, 0.6) is 0 Å². The third-order valence-electron chi connectivity index (χ3n) is 3.16. The van der Waals surface area contributed by atoms with Crippen molar-refractivity contribution >= 4 is 5.91 Å². The molecule has 0 aromatic carbocycles. The lowest BCUT2D eigenvalue weighted by atomic mass is 9.84. The number of carbonyl (C=O) groups excluding carboxylic acids is 1. The fourth-order valence-corrected chi connectivity index (χ4v) is 2.28. The van der Waals surface area contributed by atoms with Crippen molar-refractivity contribution in [3.63, 3.8) is 0 Å². The van der Waals surface area contributed by atoms with E-state index in [1.54, 1.807) is 6.20 Å². The summed E-state index contributed by atoms with van der Waals surface area (Å²) in [4.78, 5) is 18.0. The molecule has 1 rings (SSSR count). The van der Waals surface area contributed by atoms with Crippen LogP contribution in [0.4, 0.5) is 0 Å². The highest BCUT2D eigenvalue weighted by atomic mass is 16.1. The molecule has 0 saturated heterocycles. The Balaban J connectivity index is 3.35. The van der Waals surface area contributed by atoms with Crippen molar-refractivity contribution in [2.75, 3.05) is 14.1 Å². The van der Waals surface area contributed by atoms with Crippen LogP contribution in [0.1, 0.15) is 31.0 Å². The quantitative estimate of drug-likeness (QED) is 0.840. The highest BCUT2D eigenvalue weighted by molar-refractivity contribution is 5.86. The average Bonchev–Trinajstić information content (AvgIpc) is 2.24. The molecule has 0 radical (unpaired) electrons. The van der Waals surface area contributed by atoms with E-state index in [1.165, 1.54) is 0 Å². The molecule has 1 aromatic heterocycles. The van der Waals surface area contributed by atoms with Crippen LogP contribution in [0.2, 0.25) is 0 Å². The number of amides is 1. The minimum absolute atomic E-state index is 0.310. The molecule has 0 aliphatic rings. The number of hydrogen-bond acceptors (Lipinski definition) is 3. The van der Waals surface area contributed by atoms with Gasteiger partial charge in [-0.1, -0.05) is 13.3 Å². The van der Waals surface area contributed by atoms with Crippen LogP contribution in [0, 0.1) is 6.92 Å². The van der Waals surface area contributed by atoms with Crippen LogP contribution < -0.4 is 5.73 Å². The summed E-state index contributed by atoms with van der Waals surface area (Å²) in [6.45, 7) is 3.96. The predicted octanol–water partition coefficient (Wildman–Crippen LogP) is 1.43. The Morgan fingerprint density at radius 1 is 1.53 bits per heavy atom. The highest BCUT2D eigenvalue weighted by Gasteiger charge is 2.40. The Kier molecular flexibility index (Phi) is 4.23. The molecule has 1 unspecified atom stereocenters. The number of aromatic nitrogens is 1. The Hall–Kier alpha value is -1.42. The summed E-state index contributed by atoms with van der Waals surface area (Å²) in [7, 11) is 3.77. The normalized spacial score (nSPS) is 14.6. The first-order valence-corrected chi connectivity index (χ1v) is 5.85. The minimum Gasteiger partial charge on any atom is -0.368 e. The second-order valence-electron chi connectivity index (χ2n) is 4.55. The van der Waals surface area contributed by atoms with E-state index < -0.39 is 5.54 Å². The minimum atomic E-state index is -0.734. The topological polar surface area (TPSA) is 59.2 Å². The van der Waals surface area contributed by atoms with E-state index in [0.717, 1.165) is 17.7 Å². The predicted molar refractivity (Wildman–Crippen MR) is 68.4 cm³/mol. The molecular weight excluding hydrogens is 214 g/mol. The Morgan fingerprint density at radius 2 is 2.18 bits per heavy atom. The summed E-state index contributed by atoms with van der Waals surface area (Å²) < 4.78 is 0. The Morgan fingerprint density at radius 3 is 2.59 bits per heavy atom. The van der Waals surface area contributed by atoms with Crippen LogP contribution in [0.15, 0.2) is 18.3 Å². The monoisotopic (exact) mass is 235 g/mol. The third kappa shape index (κ3) is 2.47. The van der Waals surface area contributed by atoms with Gasteiger partial charge in [-0.05, 0) is 45.1 Å². The summed E-state index contributed by atoms with van der Waals surface area (Å²) in [5.41, 5.74) is 6.72. The molecule has 1 amide bonds. The summed E-state index contributed by atoms with van der Waals surface area (Å²) in [5, 5.41) is 0. The summed E-state index contributed by atoms with van der Waals surface area (Å²) in [5.74, 6) is -0.310. The maximum Gasteiger partial charge on any atom is 0.242 e. The van der Waals surface area contributed by atoms with E-state index in [0.29, 0.717) is 6.42 Å². The van der Waals surface area contributed by atoms with Crippen LogP contribution in [-0.4, -0.2) is 29.9 Å². The molecule has 4 nitrogen and oxygen atoms in total. The first-order valence-electron chi connectivity index (χ1n) is 5.85. The van der Waals surface area contributed by atoms with E-state index in [1.807, 2.05) is 38.1 Å². The van der Waals surface area contributed by atoms with Crippen LogP contribution in [0.3, 0.4) is 0 Å². The number of primary amides is 1. The molecule has 2 N–H and O–H groups in total. The van der Waals surface area contributed by atoms with Crippen molar-refractivity contribution in [2.24, 2.45) is 5.73 Å². The van der Waals surface area contributed by atoms with Crippen molar-refractivity contribution in [3.8, 4) is 0 Å². The standard InChI is InChI=1S/C13H21N3O/c1-5-7-13(12(14)17,16(3)4)11-6-8-15-10(2)9-11/h6,8-9H,5,7H2,1-4H3,(H2,14,17). The molecule has 0 aliphatic carbocycles. The van der Waals surface area contributed by atoms with Gasteiger partial charge in [0, 0.05) is 11.9 Å². The van der Waals surface area contributed by atoms with Crippen LogP contribution >= 0.6 is 0 Å². The van der Waals surface area contributed by atoms with Crippen molar-refractivity contribution in [1.29, 1.82) is 0 Å². The number of carbonyl (C=O) groups is 1. The average molecular weight is 235 g/mol. The molecule has 1 aromatic rings. The van der Waals surface area contributed by atoms with Crippen LogP contribution in [0.25, 0.3) is 0 Å². The SMILES string of the molecule is CCCC(C(N)=O)(c1ccnc(C)c1)N(C)C. The van der Waals surface area contributed by atoms with E-state index >= 15 is 0 Å². The van der Waals surface area contributed by atoms with Gasteiger partial charge in [0.1, 0.15) is 5.54 Å². The number of aryl methyl sites for hydroxylation is 1. The van der Waals surface area contributed by atoms with E-state index in [-0.39, 0.29) is 5.91 Å². The van der Waals surface area contributed by atoms with Gasteiger partial charge >= 0.3 is 0 Å². The zero-order valence-electron chi connectivity index (χ0n) is 11.0. The molecule has 1 atom stereocenters. The smallest absolute Gasteiger partial charge is 0.242 e. The second kappa shape index (κ2) is 5.27. The summed E-state index contributed by atoms with van der Waals surface area (Å²) in [6, 6.07) is 3.80. The maximum atomic E-state index is 11.9. The zero-order valence-corrected chi connectivity index (χ0v) is 11.0. The molecule has 0 bridgehead atoms. The van der Waals surface area contributed by atoms with Gasteiger partial charge in [-0.3, -0.25) is 14.7 Å². The number of nitrogens with two attached hydrogens (primary N) is 1. The summed E-state index contributed by atoms with van der Waals surface area (Å²) in [6.07, 6.45) is 3.32. The number of rotatable bonds is 5. The third-order valence-corrected chi connectivity index (χ3v) is 3.16. The van der Waals surface area contributed by atoms with E-state index in [4.69, 9.17) is 5.73 Å². The van der Waals surface area contributed by atoms with Gasteiger partial charge in [-0.2, -0.15) is 0 Å². The molecule has 17 heavy (non-hydrogen) atoms. The first-order chi connectivity index (χ1) is 7.95. The van der Waals surface area contributed by atoms with Gasteiger partial charge in [0.2, 0.25) is 5.91 Å². The van der Waals surface area contributed by atoms with Gasteiger partial charge in [0.05, 0.1) is 0 Å². The van der Waals surface area contributed by atoms with Gasteiger partial charge < -0.3 is 5.73 Å². The molecule has 4 heteroatoms. The number of likely N-dealkylation sites (N-methyl/N-ethyl adjacent to an activating group) is 1. The molecule has 0 fully saturated rings. The largest absolute Gasteiger partial charge is 0.368 e. The maximum absolute atomic E-state index is 11.9. The number of pyridine rings is 1. The molecule has 1 heterocycles. The fourth-order valence-electron chi connectivity index (χ4n) is 2.28. The lowest BCUT2D eigenvalue weighted by Gasteiger charge is -2.37. The molecule has 0 spiro atoms. The molecular formula is C13H21N3O. The number of nitrogens with zero attached hydrogens (tertiary/aromatic N) is 2. The van der Waals surface area contributed by atoms with E-state index in [2.05, 4.69) is 11.9 Å². The number of hydrogen-bond donors (Lipinski definition) is 1. The first kappa shape index (κ1) is 13.6. The second-order valence-corrected chi connectivity index (χ2v) is 4.55. The van der Waals surface area contributed by atoms with Gasteiger partial charge in [-0.15, -0.1) is 0 Å². The summed E-state index contributed by atoms with van der Waals surface area (Å²) >= 11 is 0. The Labute approximate surface area is 103 Å². The molecule has 0 saturated carbocycles. The van der Waals surface area contributed by atoms with E-state index in [9.17, 15) is 4.79 Å². The van der Waals surface area contributed by atoms with Crippen LogP contribution in [-0.2, 0) is 10.3 Å². The van der Waals surface area contributed by atoms with Crippen molar-refractivity contribution < 1.29 is 4.79 Å². The fraction of sp³-hybridized carbons (Fsp3) is 0.538. The van der Waals surface area contributed by atoms with Crippen molar-refractivity contribution in [3.05, 3.63) is 29.6 Å². The van der Waals surface area contributed by atoms with Crippen molar-refractivity contribution in [1.82, 2.24) is 9.88 Å². The molecule has 0 aliphatic heterocycles. The van der Waals surface area contributed by atoms with Gasteiger partial charge in [0.25, 0.3) is 0 Å². The van der Waals surface area contributed by atoms with Gasteiger partial charge in [0.15, 0.2) is 0 Å². The van der Waals surface area contributed by atoms with Gasteiger partial charge in [-0.25, -0.2) is 0 Å². The van der Waals surface area contributed by atoms with Crippen molar-refractivity contribution in [2.45, 2.75) is 32.2 Å². The highest BCUT2D eigenvalue weighted by Crippen LogP contribution is 2.31. The zero-order chi connectivity index (χ0) is 13.1. The Bertz CT molecular complexity index is 403. The lowest BCUT2D eigenvalue weighted by Crippen LogP contribution is -2.51. The lowest BCUT2D eigenvalue weighted by molar-refractivity contribution is -0.129. The molecule has 94 valence electrons.